The van der Waals surface area contributed by atoms with Gasteiger partial charge in [-0.25, -0.2) is 0 Å². The summed E-state index contributed by atoms with van der Waals surface area (Å²) in [6.07, 6.45) is 4.75. The minimum absolute atomic E-state index is 0.970. The zero-order chi connectivity index (χ0) is 11.8. The highest BCUT2D eigenvalue weighted by Gasteiger charge is 1.97. The van der Waals surface area contributed by atoms with Gasteiger partial charge in [0.1, 0.15) is 0 Å². The molecule has 0 bridgehead atoms. The highest BCUT2D eigenvalue weighted by Crippen LogP contribution is 2.17. The van der Waals surface area contributed by atoms with Crippen LogP contribution in [0.4, 0.5) is 0 Å². The molecule has 0 saturated carbocycles. The van der Waals surface area contributed by atoms with Crippen LogP contribution in [0.3, 0.4) is 0 Å². The van der Waals surface area contributed by atoms with Gasteiger partial charge in [0.25, 0.3) is 0 Å². The van der Waals surface area contributed by atoms with Crippen LogP contribution in [0, 0.1) is 6.92 Å². The van der Waals surface area contributed by atoms with Gasteiger partial charge in [-0.2, -0.15) is 11.8 Å². The van der Waals surface area contributed by atoms with Crippen LogP contribution in [-0.2, 0) is 6.54 Å². The van der Waals surface area contributed by atoms with Crippen molar-refractivity contribution in [3.63, 3.8) is 0 Å². The monoisotopic (exact) mass is 301 g/mol. The minimum atomic E-state index is 0.970. The first-order valence-electron chi connectivity index (χ1n) is 5.68. The summed E-state index contributed by atoms with van der Waals surface area (Å²) in [5, 5.41) is 3.48. The highest BCUT2D eigenvalue weighted by atomic mass is 79.9. The molecular weight excluding hydrogens is 282 g/mol. The Kier molecular flexibility index (Phi) is 7.17. The van der Waals surface area contributed by atoms with Crippen molar-refractivity contribution in [3.8, 4) is 0 Å². The third kappa shape index (κ3) is 5.37. The van der Waals surface area contributed by atoms with Crippen LogP contribution in [0.1, 0.15) is 24.0 Å². The molecule has 0 aliphatic rings. The fourth-order valence-electron chi connectivity index (χ4n) is 1.48. The highest BCUT2D eigenvalue weighted by molar-refractivity contribution is 9.10. The predicted octanol–water partition coefficient (Wildman–Crippen LogP) is 3.99. The fraction of sp³-hybridized carbons (Fsp3) is 0.538. The molecule has 0 aliphatic carbocycles. The number of unbranched alkanes of at least 4 members (excludes halogenated alkanes) is 1. The third-order valence-electron chi connectivity index (χ3n) is 2.52. The van der Waals surface area contributed by atoms with Crippen LogP contribution in [0.15, 0.2) is 22.7 Å². The van der Waals surface area contributed by atoms with Gasteiger partial charge < -0.3 is 5.32 Å². The molecule has 1 N–H and O–H groups in total. The molecule has 1 rings (SSSR count). The molecule has 16 heavy (non-hydrogen) atoms. The smallest absolute Gasteiger partial charge is 0.0207 e. The Hall–Kier alpha value is 0.01000. The van der Waals surface area contributed by atoms with Crippen molar-refractivity contribution in [1.82, 2.24) is 5.32 Å². The Labute approximate surface area is 112 Å². The Bertz CT molecular complexity index is 315. The molecule has 1 aromatic rings. The Morgan fingerprint density at radius 3 is 2.81 bits per heavy atom. The van der Waals surface area contributed by atoms with Crippen LogP contribution < -0.4 is 5.32 Å². The molecule has 1 nitrogen and oxygen atoms in total. The van der Waals surface area contributed by atoms with E-state index in [0.29, 0.717) is 0 Å². The first-order chi connectivity index (χ1) is 7.74. The van der Waals surface area contributed by atoms with E-state index in [-0.39, 0.29) is 0 Å². The third-order valence-corrected chi connectivity index (χ3v) is 4.07. The van der Waals surface area contributed by atoms with Crippen molar-refractivity contribution in [2.45, 2.75) is 26.3 Å². The molecule has 90 valence electrons. The second-order valence-electron chi connectivity index (χ2n) is 3.96. The lowest BCUT2D eigenvalue weighted by atomic mass is 10.1. The van der Waals surface area contributed by atoms with E-state index in [1.807, 2.05) is 11.8 Å². The number of benzene rings is 1. The molecule has 0 aliphatic heterocycles. The van der Waals surface area contributed by atoms with Gasteiger partial charge in [0.05, 0.1) is 0 Å². The van der Waals surface area contributed by atoms with Crippen LogP contribution in [-0.4, -0.2) is 18.6 Å². The van der Waals surface area contributed by atoms with E-state index in [1.165, 1.54) is 34.2 Å². The molecule has 1 aromatic carbocycles. The molecule has 0 saturated heterocycles. The number of hydrogen-bond donors (Lipinski definition) is 1. The molecular formula is C13H20BrNS. The van der Waals surface area contributed by atoms with Gasteiger partial charge >= 0.3 is 0 Å². The van der Waals surface area contributed by atoms with Gasteiger partial charge in [-0.3, -0.25) is 0 Å². The first kappa shape index (κ1) is 14.1. The summed E-state index contributed by atoms with van der Waals surface area (Å²) in [5.41, 5.74) is 2.64. The minimum Gasteiger partial charge on any atom is -0.313 e. The second-order valence-corrected chi connectivity index (χ2v) is 5.80. The fourth-order valence-corrected chi connectivity index (χ4v) is 2.39. The zero-order valence-electron chi connectivity index (χ0n) is 10.1. The van der Waals surface area contributed by atoms with Gasteiger partial charge in [0.2, 0.25) is 0 Å². The van der Waals surface area contributed by atoms with E-state index in [2.05, 4.69) is 52.6 Å². The van der Waals surface area contributed by atoms with E-state index in [9.17, 15) is 0 Å². The van der Waals surface area contributed by atoms with E-state index in [1.54, 1.807) is 0 Å². The molecule has 0 atom stereocenters. The summed E-state index contributed by atoms with van der Waals surface area (Å²) in [7, 11) is 0. The number of hydrogen-bond acceptors (Lipinski definition) is 2. The lowest BCUT2D eigenvalue weighted by Crippen LogP contribution is -2.14. The molecule has 0 unspecified atom stereocenters. The largest absolute Gasteiger partial charge is 0.313 e. The summed E-state index contributed by atoms with van der Waals surface area (Å²) in [6, 6.07) is 6.55. The van der Waals surface area contributed by atoms with Gasteiger partial charge in [-0.1, -0.05) is 28.1 Å². The maximum absolute atomic E-state index is 3.56. The van der Waals surface area contributed by atoms with Crippen molar-refractivity contribution in [1.29, 1.82) is 0 Å². The predicted molar refractivity (Wildman–Crippen MR) is 78.2 cm³/mol. The van der Waals surface area contributed by atoms with Crippen LogP contribution >= 0.6 is 27.7 Å². The van der Waals surface area contributed by atoms with Gasteiger partial charge in [0.15, 0.2) is 0 Å². The van der Waals surface area contributed by atoms with Gasteiger partial charge in [0, 0.05) is 11.0 Å². The van der Waals surface area contributed by atoms with Crippen molar-refractivity contribution < 1.29 is 0 Å². The topological polar surface area (TPSA) is 12.0 Å². The first-order valence-corrected chi connectivity index (χ1v) is 7.87. The Balaban J connectivity index is 2.19. The lowest BCUT2D eigenvalue weighted by Gasteiger charge is -2.06. The number of halogens is 1. The molecule has 0 fully saturated rings. The van der Waals surface area contributed by atoms with Crippen molar-refractivity contribution >= 4 is 27.7 Å². The average Bonchev–Trinajstić information content (AvgIpc) is 2.28. The molecule has 0 aromatic heterocycles. The Morgan fingerprint density at radius 1 is 1.31 bits per heavy atom. The number of rotatable bonds is 7. The van der Waals surface area contributed by atoms with Crippen LogP contribution in [0.5, 0.6) is 0 Å². The van der Waals surface area contributed by atoms with E-state index < -0.39 is 0 Å². The summed E-state index contributed by atoms with van der Waals surface area (Å²) >= 11 is 5.48. The normalized spacial score (nSPS) is 10.7. The molecule has 0 heterocycles. The van der Waals surface area contributed by atoms with Crippen LogP contribution in [0.25, 0.3) is 0 Å². The van der Waals surface area contributed by atoms with Crippen molar-refractivity contribution in [2.24, 2.45) is 0 Å². The number of thioether (sulfide) groups is 1. The summed E-state index contributed by atoms with van der Waals surface area (Å²) in [5.74, 6) is 1.28. The van der Waals surface area contributed by atoms with E-state index in [4.69, 9.17) is 0 Å². The standard InChI is InChI=1S/C13H20BrNS/c1-11-5-6-12(9-13(11)14)10-15-7-3-4-8-16-2/h5-6,9,15H,3-4,7-8,10H2,1-2H3. The van der Waals surface area contributed by atoms with E-state index >= 15 is 0 Å². The second kappa shape index (κ2) is 8.15. The summed E-state index contributed by atoms with van der Waals surface area (Å²) < 4.78 is 1.20. The molecule has 0 radical (unpaired) electrons. The zero-order valence-corrected chi connectivity index (χ0v) is 12.5. The number of nitrogens with one attached hydrogen (secondary N) is 1. The van der Waals surface area contributed by atoms with Gasteiger partial charge in [-0.05, 0) is 55.5 Å². The number of aryl methyl sites for hydroxylation is 1. The van der Waals surface area contributed by atoms with Crippen LogP contribution in [0.2, 0.25) is 0 Å². The quantitative estimate of drug-likeness (QED) is 0.764. The summed E-state index contributed by atoms with van der Waals surface area (Å²) in [4.78, 5) is 0. The lowest BCUT2D eigenvalue weighted by molar-refractivity contribution is 0.643. The molecule has 3 heteroatoms. The molecule has 0 amide bonds. The Morgan fingerprint density at radius 2 is 2.12 bits per heavy atom. The SMILES string of the molecule is CSCCCCNCc1ccc(C)c(Br)c1. The maximum atomic E-state index is 3.56. The summed E-state index contributed by atoms with van der Waals surface area (Å²) in [6.45, 7) is 4.20. The maximum Gasteiger partial charge on any atom is 0.0207 e. The van der Waals surface area contributed by atoms with E-state index in [0.717, 1.165) is 13.1 Å². The van der Waals surface area contributed by atoms with Gasteiger partial charge in [-0.15, -0.1) is 0 Å². The van der Waals surface area contributed by atoms with Crippen molar-refractivity contribution in [2.75, 3.05) is 18.6 Å². The average molecular weight is 302 g/mol. The van der Waals surface area contributed by atoms with Crippen molar-refractivity contribution in [3.05, 3.63) is 33.8 Å². The molecule has 0 spiro atoms.